The van der Waals surface area contributed by atoms with Crippen molar-refractivity contribution in [2.45, 2.75) is 6.92 Å². The molecule has 2 aromatic carbocycles. The van der Waals surface area contributed by atoms with Gasteiger partial charge in [0.05, 0.1) is 12.7 Å². The van der Waals surface area contributed by atoms with Crippen LogP contribution < -0.4 is 4.74 Å². The van der Waals surface area contributed by atoms with Gasteiger partial charge in [-0.3, -0.25) is 0 Å². The lowest BCUT2D eigenvalue weighted by Gasteiger charge is -2.10. The molecule has 4 heteroatoms. The SMILES string of the molecule is COc1ccc(F)cc1-c1ccc(C)c(C(=O)O)c1. The predicted molar refractivity (Wildman–Crippen MR) is 70.1 cm³/mol. The Morgan fingerprint density at radius 1 is 1.21 bits per heavy atom. The fourth-order valence-electron chi connectivity index (χ4n) is 1.93. The molecule has 0 atom stereocenters. The second kappa shape index (κ2) is 5.10. The third-order valence-electron chi connectivity index (χ3n) is 2.94. The Labute approximate surface area is 110 Å². The minimum atomic E-state index is -1.00. The van der Waals surface area contributed by atoms with Crippen LogP contribution in [-0.2, 0) is 0 Å². The van der Waals surface area contributed by atoms with E-state index >= 15 is 0 Å². The summed E-state index contributed by atoms with van der Waals surface area (Å²) in [5.41, 5.74) is 2.00. The highest BCUT2D eigenvalue weighted by atomic mass is 19.1. The highest BCUT2D eigenvalue weighted by molar-refractivity contribution is 5.91. The summed E-state index contributed by atoms with van der Waals surface area (Å²) in [7, 11) is 1.49. The number of carbonyl (C=O) groups is 1. The van der Waals surface area contributed by atoms with E-state index in [2.05, 4.69) is 0 Å². The van der Waals surface area contributed by atoms with Crippen molar-refractivity contribution in [2.75, 3.05) is 7.11 Å². The Morgan fingerprint density at radius 3 is 2.58 bits per heavy atom. The molecule has 0 amide bonds. The lowest BCUT2D eigenvalue weighted by Crippen LogP contribution is -2.00. The molecule has 0 fully saturated rings. The number of rotatable bonds is 3. The Bertz CT molecular complexity index is 635. The van der Waals surface area contributed by atoms with Gasteiger partial charge in [-0.15, -0.1) is 0 Å². The number of carboxylic acid groups (broad SMARTS) is 1. The molecule has 0 saturated heterocycles. The summed E-state index contributed by atoms with van der Waals surface area (Å²) in [6.07, 6.45) is 0. The van der Waals surface area contributed by atoms with E-state index in [1.165, 1.54) is 31.4 Å². The Hall–Kier alpha value is -2.36. The first-order chi connectivity index (χ1) is 9.02. The third-order valence-corrected chi connectivity index (χ3v) is 2.94. The molecule has 0 spiro atoms. The van der Waals surface area contributed by atoms with E-state index in [1.807, 2.05) is 0 Å². The summed E-state index contributed by atoms with van der Waals surface area (Å²) < 4.78 is 18.5. The zero-order valence-corrected chi connectivity index (χ0v) is 10.6. The van der Waals surface area contributed by atoms with Crippen molar-refractivity contribution in [3.63, 3.8) is 0 Å². The molecular formula is C15H13FO3. The minimum Gasteiger partial charge on any atom is -0.496 e. The van der Waals surface area contributed by atoms with E-state index in [9.17, 15) is 9.18 Å². The number of aromatic carboxylic acids is 1. The van der Waals surface area contributed by atoms with Gasteiger partial charge in [0.25, 0.3) is 0 Å². The summed E-state index contributed by atoms with van der Waals surface area (Å²) in [5.74, 6) is -0.899. The molecule has 98 valence electrons. The van der Waals surface area contributed by atoms with E-state index in [0.29, 0.717) is 22.4 Å². The van der Waals surface area contributed by atoms with Crippen LogP contribution in [-0.4, -0.2) is 18.2 Å². The lowest BCUT2D eigenvalue weighted by molar-refractivity contribution is 0.0696. The minimum absolute atomic E-state index is 0.198. The quantitative estimate of drug-likeness (QED) is 0.918. The number of hydrogen-bond donors (Lipinski definition) is 1. The number of hydrogen-bond acceptors (Lipinski definition) is 2. The fourth-order valence-corrected chi connectivity index (χ4v) is 1.93. The number of carboxylic acids is 1. The topological polar surface area (TPSA) is 46.5 Å². The van der Waals surface area contributed by atoms with Crippen molar-refractivity contribution in [1.82, 2.24) is 0 Å². The maximum atomic E-state index is 13.3. The molecule has 3 nitrogen and oxygen atoms in total. The number of ether oxygens (including phenoxy) is 1. The van der Waals surface area contributed by atoms with Gasteiger partial charge in [-0.2, -0.15) is 0 Å². The van der Waals surface area contributed by atoms with Crippen molar-refractivity contribution in [3.8, 4) is 16.9 Å². The van der Waals surface area contributed by atoms with Gasteiger partial charge in [0.1, 0.15) is 11.6 Å². The van der Waals surface area contributed by atoms with E-state index in [-0.39, 0.29) is 5.56 Å². The molecule has 2 aromatic rings. The highest BCUT2D eigenvalue weighted by Gasteiger charge is 2.12. The standard InChI is InChI=1S/C15H13FO3/c1-9-3-4-10(7-12(9)15(17)18)13-8-11(16)5-6-14(13)19-2/h3-8H,1-2H3,(H,17,18). The van der Waals surface area contributed by atoms with Crippen LogP contribution in [0.3, 0.4) is 0 Å². The summed E-state index contributed by atoms with van der Waals surface area (Å²) in [5, 5.41) is 9.11. The van der Waals surface area contributed by atoms with Crippen LogP contribution in [0.5, 0.6) is 5.75 Å². The lowest BCUT2D eigenvalue weighted by atomic mass is 9.99. The van der Waals surface area contributed by atoms with E-state index in [0.717, 1.165) is 0 Å². The van der Waals surface area contributed by atoms with Crippen LogP contribution >= 0.6 is 0 Å². The molecular weight excluding hydrogens is 247 g/mol. The molecule has 0 aliphatic rings. The second-order valence-corrected chi connectivity index (χ2v) is 4.18. The van der Waals surface area contributed by atoms with Gasteiger partial charge in [-0.25, -0.2) is 9.18 Å². The van der Waals surface area contributed by atoms with Gasteiger partial charge in [0.2, 0.25) is 0 Å². The van der Waals surface area contributed by atoms with Crippen molar-refractivity contribution in [2.24, 2.45) is 0 Å². The van der Waals surface area contributed by atoms with E-state index in [4.69, 9.17) is 9.84 Å². The second-order valence-electron chi connectivity index (χ2n) is 4.18. The summed E-state index contributed by atoms with van der Waals surface area (Å²) >= 11 is 0. The number of methoxy groups -OCH3 is 1. The number of aryl methyl sites for hydroxylation is 1. The van der Waals surface area contributed by atoms with Gasteiger partial charge in [-0.05, 0) is 42.3 Å². The van der Waals surface area contributed by atoms with Gasteiger partial charge in [-0.1, -0.05) is 12.1 Å². The molecule has 0 radical (unpaired) electrons. The van der Waals surface area contributed by atoms with Crippen LogP contribution in [0, 0.1) is 12.7 Å². The molecule has 2 rings (SSSR count). The van der Waals surface area contributed by atoms with Crippen molar-refractivity contribution in [3.05, 3.63) is 53.3 Å². The third kappa shape index (κ3) is 2.57. The summed E-state index contributed by atoms with van der Waals surface area (Å²) in [6.45, 7) is 1.72. The van der Waals surface area contributed by atoms with Crippen LogP contribution in [0.1, 0.15) is 15.9 Å². The fraction of sp³-hybridized carbons (Fsp3) is 0.133. The highest BCUT2D eigenvalue weighted by Crippen LogP contribution is 2.31. The van der Waals surface area contributed by atoms with Crippen LogP contribution in [0.2, 0.25) is 0 Å². The Balaban J connectivity index is 2.62. The van der Waals surface area contributed by atoms with Gasteiger partial charge in [0, 0.05) is 5.56 Å². The average Bonchev–Trinajstić information content (AvgIpc) is 2.39. The molecule has 1 N–H and O–H groups in total. The molecule has 0 heterocycles. The van der Waals surface area contributed by atoms with Crippen molar-refractivity contribution in [1.29, 1.82) is 0 Å². The van der Waals surface area contributed by atoms with Gasteiger partial charge < -0.3 is 9.84 Å². The number of halogens is 1. The van der Waals surface area contributed by atoms with Crippen LogP contribution in [0.4, 0.5) is 4.39 Å². The molecule has 0 saturated carbocycles. The molecule has 0 aromatic heterocycles. The first-order valence-corrected chi connectivity index (χ1v) is 5.71. The van der Waals surface area contributed by atoms with Crippen molar-refractivity contribution < 1.29 is 19.0 Å². The Morgan fingerprint density at radius 2 is 1.95 bits per heavy atom. The molecule has 0 aliphatic heterocycles. The van der Waals surface area contributed by atoms with E-state index in [1.54, 1.807) is 19.1 Å². The normalized spacial score (nSPS) is 10.3. The van der Waals surface area contributed by atoms with Gasteiger partial charge in [0.15, 0.2) is 0 Å². The molecule has 19 heavy (non-hydrogen) atoms. The first kappa shape index (κ1) is 13.1. The number of benzene rings is 2. The zero-order valence-electron chi connectivity index (χ0n) is 10.6. The summed E-state index contributed by atoms with van der Waals surface area (Å²) in [4.78, 5) is 11.1. The van der Waals surface area contributed by atoms with Crippen LogP contribution in [0.15, 0.2) is 36.4 Å². The molecule has 0 bridgehead atoms. The largest absolute Gasteiger partial charge is 0.496 e. The molecule has 0 unspecified atom stereocenters. The summed E-state index contributed by atoms with van der Waals surface area (Å²) in [6, 6.07) is 9.12. The van der Waals surface area contributed by atoms with Gasteiger partial charge >= 0.3 is 5.97 Å². The monoisotopic (exact) mass is 260 g/mol. The first-order valence-electron chi connectivity index (χ1n) is 5.71. The Kier molecular flexibility index (Phi) is 3.51. The zero-order chi connectivity index (χ0) is 14.0. The smallest absolute Gasteiger partial charge is 0.335 e. The van der Waals surface area contributed by atoms with Crippen LogP contribution in [0.25, 0.3) is 11.1 Å². The van der Waals surface area contributed by atoms with Crippen molar-refractivity contribution >= 4 is 5.97 Å². The average molecular weight is 260 g/mol. The predicted octanol–water partition coefficient (Wildman–Crippen LogP) is 3.51. The van der Waals surface area contributed by atoms with E-state index < -0.39 is 11.8 Å². The maximum Gasteiger partial charge on any atom is 0.335 e. The molecule has 0 aliphatic carbocycles. The maximum absolute atomic E-state index is 13.3.